The Morgan fingerprint density at radius 3 is 2.07 bits per heavy atom. The lowest BCUT2D eigenvalue weighted by Crippen LogP contribution is -2.17. The van der Waals surface area contributed by atoms with Crippen molar-refractivity contribution in [2.75, 3.05) is 39.6 Å². The van der Waals surface area contributed by atoms with Crippen LogP contribution in [-0.4, -0.2) is 45.9 Å². The Morgan fingerprint density at radius 1 is 0.786 bits per heavy atom. The molecule has 0 rings (SSSR count). The van der Waals surface area contributed by atoms with Crippen molar-refractivity contribution in [1.29, 1.82) is 0 Å². The molecule has 0 bridgehead atoms. The monoisotopic (exact) mass is 206 g/mol. The largest absolute Gasteiger partial charge is 0.379 e. The molecule has 0 aromatic rings. The zero-order chi connectivity index (χ0) is 10.6. The molecule has 0 fully saturated rings. The topological polar surface area (TPSA) is 36.9 Å². The third-order valence-corrected chi connectivity index (χ3v) is 1.56. The second-order valence-electron chi connectivity index (χ2n) is 2.70. The van der Waals surface area contributed by atoms with Gasteiger partial charge in [0, 0.05) is 13.2 Å². The maximum atomic E-state index is 5.30. The van der Waals surface area contributed by atoms with Crippen molar-refractivity contribution in [2.24, 2.45) is 0 Å². The van der Waals surface area contributed by atoms with Crippen LogP contribution < -0.4 is 0 Å². The molecule has 4 heteroatoms. The van der Waals surface area contributed by atoms with E-state index in [1.54, 1.807) is 0 Å². The molecular weight excluding hydrogens is 184 g/mol. The van der Waals surface area contributed by atoms with Gasteiger partial charge >= 0.3 is 0 Å². The van der Waals surface area contributed by atoms with Crippen LogP contribution in [0, 0.1) is 0 Å². The Kier molecular flexibility index (Phi) is 10.8. The fourth-order valence-electron chi connectivity index (χ4n) is 0.920. The van der Waals surface area contributed by atoms with Gasteiger partial charge in [-0.1, -0.05) is 0 Å². The molecule has 1 unspecified atom stereocenters. The zero-order valence-corrected chi connectivity index (χ0v) is 9.45. The summed E-state index contributed by atoms with van der Waals surface area (Å²) in [6, 6.07) is 0. The molecule has 0 aromatic heterocycles. The molecule has 14 heavy (non-hydrogen) atoms. The van der Waals surface area contributed by atoms with E-state index in [1.807, 2.05) is 20.8 Å². The Balaban J connectivity index is 2.98. The van der Waals surface area contributed by atoms with Crippen LogP contribution in [0.5, 0.6) is 0 Å². The fraction of sp³-hybridized carbons (Fsp3) is 1.00. The number of rotatable bonds is 10. The third kappa shape index (κ3) is 9.92. The molecule has 0 saturated carbocycles. The first-order valence-electron chi connectivity index (χ1n) is 5.20. The fourth-order valence-corrected chi connectivity index (χ4v) is 0.920. The van der Waals surface area contributed by atoms with Crippen LogP contribution in [0.3, 0.4) is 0 Å². The summed E-state index contributed by atoms with van der Waals surface area (Å²) in [7, 11) is 0. The van der Waals surface area contributed by atoms with Gasteiger partial charge in [-0.3, -0.25) is 0 Å². The summed E-state index contributed by atoms with van der Waals surface area (Å²) < 4.78 is 20.9. The van der Waals surface area contributed by atoms with Crippen LogP contribution in [0.4, 0.5) is 0 Å². The van der Waals surface area contributed by atoms with Crippen molar-refractivity contribution in [2.45, 2.75) is 27.1 Å². The molecule has 0 heterocycles. The number of ether oxygens (including phenoxy) is 4. The highest BCUT2D eigenvalue weighted by molar-refractivity contribution is 4.34. The first-order chi connectivity index (χ1) is 6.81. The van der Waals surface area contributed by atoms with Gasteiger partial charge in [0.25, 0.3) is 0 Å². The second-order valence-corrected chi connectivity index (χ2v) is 2.70. The molecule has 0 spiro atoms. The lowest BCUT2D eigenvalue weighted by atomic mass is 10.7. The van der Waals surface area contributed by atoms with E-state index in [1.165, 1.54) is 0 Å². The van der Waals surface area contributed by atoms with E-state index >= 15 is 0 Å². The van der Waals surface area contributed by atoms with E-state index < -0.39 is 0 Å². The third-order valence-electron chi connectivity index (χ3n) is 1.56. The van der Waals surface area contributed by atoms with Gasteiger partial charge in [0.2, 0.25) is 0 Å². The SMILES string of the molecule is CCOCCOCCOC(C)OCC. The van der Waals surface area contributed by atoms with Gasteiger partial charge in [-0.2, -0.15) is 0 Å². The minimum atomic E-state index is -0.143. The van der Waals surface area contributed by atoms with Gasteiger partial charge in [-0.05, 0) is 20.8 Å². The van der Waals surface area contributed by atoms with E-state index in [9.17, 15) is 0 Å². The molecule has 0 radical (unpaired) electrons. The molecule has 86 valence electrons. The normalized spacial score (nSPS) is 13.1. The maximum Gasteiger partial charge on any atom is 0.154 e. The molecule has 1 atom stereocenters. The van der Waals surface area contributed by atoms with Crippen molar-refractivity contribution >= 4 is 0 Å². The minimum absolute atomic E-state index is 0.143. The van der Waals surface area contributed by atoms with Crippen molar-refractivity contribution in [1.82, 2.24) is 0 Å². The number of hydrogen-bond acceptors (Lipinski definition) is 4. The smallest absolute Gasteiger partial charge is 0.154 e. The summed E-state index contributed by atoms with van der Waals surface area (Å²) in [6.07, 6.45) is -0.143. The predicted octanol–water partition coefficient (Wildman–Crippen LogP) is 1.44. The van der Waals surface area contributed by atoms with Crippen LogP contribution >= 0.6 is 0 Å². The molecule has 0 saturated heterocycles. The minimum Gasteiger partial charge on any atom is -0.379 e. The van der Waals surface area contributed by atoms with Gasteiger partial charge in [-0.25, -0.2) is 0 Å². The Morgan fingerprint density at radius 2 is 1.43 bits per heavy atom. The molecule has 0 aliphatic rings. The first-order valence-corrected chi connectivity index (χ1v) is 5.20. The average Bonchev–Trinajstić information content (AvgIpc) is 2.17. The molecule has 0 aromatic carbocycles. The highest BCUT2D eigenvalue weighted by atomic mass is 16.7. The lowest BCUT2D eigenvalue weighted by Gasteiger charge is -2.12. The van der Waals surface area contributed by atoms with Crippen LogP contribution in [0.2, 0.25) is 0 Å². The molecule has 4 nitrogen and oxygen atoms in total. The van der Waals surface area contributed by atoms with Crippen molar-refractivity contribution < 1.29 is 18.9 Å². The Bertz CT molecular complexity index is 108. The van der Waals surface area contributed by atoms with Crippen molar-refractivity contribution in [3.05, 3.63) is 0 Å². The van der Waals surface area contributed by atoms with Gasteiger partial charge in [0.1, 0.15) is 0 Å². The van der Waals surface area contributed by atoms with Crippen LogP contribution in [0.1, 0.15) is 20.8 Å². The van der Waals surface area contributed by atoms with Crippen molar-refractivity contribution in [3.8, 4) is 0 Å². The number of hydrogen-bond donors (Lipinski definition) is 0. The summed E-state index contributed by atoms with van der Waals surface area (Å²) >= 11 is 0. The summed E-state index contributed by atoms with van der Waals surface area (Å²) in [5.41, 5.74) is 0. The van der Waals surface area contributed by atoms with E-state index in [2.05, 4.69) is 0 Å². The highest BCUT2D eigenvalue weighted by Crippen LogP contribution is 1.92. The quantitative estimate of drug-likeness (QED) is 0.400. The van der Waals surface area contributed by atoms with Gasteiger partial charge in [-0.15, -0.1) is 0 Å². The average molecular weight is 206 g/mol. The molecule has 0 aliphatic heterocycles. The van der Waals surface area contributed by atoms with E-state index in [-0.39, 0.29) is 6.29 Å². The molecule has 0 aliphatic carbocycles. The predicted molar refractivity (Wildman–Crippen MR) is 54.4 cm³/mol. The van der Waals surface area contributed by atoms with Crippen LogP contribution in [0.25, 0.3) is 0 Å². The molecule has 0 amide bonds. The van der Waals surface area contributed by atoms with E-state index in [4.69, 9.17) is 18.9 Å². The van der Waals surface area contributed by atoms with Crippen LogP contribution in [0.15, 0.2) is 0 Å². The highest BCUT2D eigenvalue weighted by Gasteiger charge is 1.98. The summed E-state index contributed by atoms with van der Waals surface area (Å²) in [5, 5.41) is 0. The van der Waals surface area contributed by atoms with E-state index in [0.717, 1.165) is 6.61 Å². The Labute approximate surface area is 86.5 Å². The Hall–Kier alpha value is -0.160. The second kappa shape index (κ2) is 10.9. The first kappa shape index (κ1) is 13.8. The zero-order valence-electron chi connectivity index (χ0n) is 9.45. The molecule has 0 N–H and O–H groups in total. The maximum absolute atomic E-state index is 5.30. The summed E-state index contributed by atoms with van der Waals surface area (Å²) in [5.74, 6) is 0. The summed E-state index contributed by atoms with van der Waals surface area (Å²) in [4.78, 5) is 0. The standard InChI is InChI=1S/C10H22O4/c1-4-11-6-7-12-8-9-14-10(3)13-5-2/h10H,4-9H2,1-3H3. The van der Waals surface area contributed by atoms with Gasteiger partial charge < -0.3 is 18.9 Å². The van der Waals surface area contributed by atoms with Crippen molar-refractivity contribution in [3.63, 3.8) is 0 Å². The molecular formula is C10H22O4. The summed E-state index contributed by atoms with van der Waals surface area (Å²) in [6.45, 7) is 9.62. The van der Waals surface area contributed by atoms with Gasteiger partial charge in [0.15, 0.2) is 6.29 Å². The van der Waals surface area contributed by atoms with E-state index in [0.29, 0.717) is 33.0 Å². The van der Waals surface area contributed by atoms with Gasteiger partial charge in [0.05, 0.1) is 26.4 Å². The van der Waals surface area contributed by atoms with Crippen LogP contribution in [-0.2, 0) is 18.9 Å². The lowest BCUT2D eigenvalue weighted by molar-refractivity contribution is -0.137.